The van der Waals surface area contributed by atoms with Crippen LogP contribution in [0, 0.1) is 6.92 Å². The summed E-state index contributed by atoms with van der Waals surface area (Å²) in [5.41, 5.74) is 7.28. The topological polar surface area (TPSA) is 19.4 Å². The first kappa shape index (κ1) is 16.8. The van der Waals surface area contributed by atoms with Crippen molar-refractivity contribution in [2.24, 2.45) is 0 Å². The Hall–Kier alpha value is -3.07. The van der Waals surface area contributed by atoms with Gasteiger partial charge in [-0.1, -0.05) is 24.3 Å². The molecule has 3 nitrogen and oxygen atoms in total. The lowest BCUT2D eigenvalue weighted by Gasteiger charge is -2.33. The highest BCUT2D eigenvalue weighted by molar-refractivity contribution is 6.03. The number of hydrogen-bond donors (Lipinski definition) is 0. The van der Waals surface area contributed by atoms with Gasteiger partial charge in [-0.2, -0.15) is 0 Å². The minimum Gasteiger partial charge on any atom is -0.456 e. The highest BCUT2D eigenvalue weighted by Crippen LogP contribution is 2.42. The molecule has 0 saturated carbocycles. The van der Waals surface area contributed by atoms with E-state index in [1.165, 1.54) is 51.5 Å². The van der Waals surface area contributed by atoms with Gasteiger partial charge in [0.15, 0.2) is 0 Å². The van der Waals surface area contributed by atoms with E-state index in [4.69, 9.17) is 4.42 Å². The Labute approximate surface area is 170 Å². The Morgan fingerprint density at radius 1 is 0.862 bits per heavy atom. The fourth-order valence-electron chi connectivity index (χ4n) is 4.55. The summed E-state index contributed by atoms with van der Waals surface area (Å²) < 4.78 is 8.93. The first-order valence-electron chi connectivity index (χ1n) is 10.7. The minimum absolute atomic E-state index is 0.973. The molecule has 0 radical (unpaired) electrons. The van der Waals surface area contributed by atoms with E-state index in [1.807, 2.05) is 0 Å². The summed E-state index contributed by atoms with van der Waals surface area (Å²) in [6.45, 7) is 6.76. The van der Waals surface area contributed by atoms with Crippen molar-refractivity contribution in [2.45, 2.75) is 19.8 Å². The lowest BCUT2D eigenvalue weighted by molar-refractivity contribution is 0.432. The smallest absolute Gasteiger partial charge is 0.203 e. The molecule has 3 heterocycles. The van der Waals surface area contributed by atoms with Crippen LogP contribution in [0.3, 0.4) is 0 Å². The Morgan fingerprint density at radius 3 is 2.45 bits per heavy atom. The van der Waals surface area contributed by atoms with Crippen LogP contribution in [0.1, 0.15) is 18.4 Å². The van der Waals surface area contributed by atoms with Crippen LogP contribution < -0.4 is 14.8 Å². The van der Waals surface area contributed by atoms with Crippen molar-refractivity contribution in [1.29, 1.82) is 0 Å². The van der Waals surface area contributed by atoms with Gasteiger partial charge in [0.2, 0.25) is 5.36 Å². The number of hydrogen-bond acceptors (Lipinski definition) is 2. The quantitative estimate of drug-likeness (QED) is 0.363. The van der Waals surface area contributed by atoms with Crippen molar-refractivity contribution in [3.63, 3.8) is 0 Å². The summed E-state index contributed by atoms with van der Waals surface area (Å²) in [6, 6.07) is 22.1. The van der Waals surface area contributed by atoms with Gasteiger partial charge < -0.3 is 9.32 Å². The van der Waals surface area contributed by atoms with E-state index in [1.54, 1.807) is 0 Å². The Morgan fingerprint density at radius 2 is 1.72 bits per heavy atom. The van der Waals surface area contributed by atoms with E-state index in [0.29, 0.717) is 0 Å². The van der Waals surface area contributed by atoms with Crippen LogP contribution in [0.4, 0.5) is 5.69 Å². The normalized spacial score (nSPS) is 16.2. The summed E-state index contributed by atoms with van der Waals surface area (Å²) in [5.74, 6) is 0.973. The van der Waals surface area contributed by atoms with E-state index >= 15 is 0 Å². The van der Waals surface area contributed by atoms with Gasteiger partial charge in [0, 0.05) is 47.4 Å². The van der Waals surface area contributed by atoms with Gasteiger partial charge in [-0.25, -0.2) is 4.58 Å². The zero-order valence-corrected chi connectivity index (χ0v) is 16.8. The number of fused-ring (bicyclic) bond motifs is 2. The maximum absolute atomic E-state index is 6.51. The zero-order chi connectivity index (χ0) is 19.4. The molecule has 1 aliphatic carbocycles. The van der Waals surface area contributed by atoms with Gasteiger partial charge in [0.05, 0.1) is 12.5 Å². The standard InChI is InChI=1S/C26H25N2O/c1-18-6-2-3-7-21(18)26-22-10-8-19(27-12-4-13-27)16-24(22)29-25-17-20(9-11-23(25)26)28-14-5-15-28/h2-3,6-11,16-17H,4-5,12-15H2,1H3/q+1. The van der Waals surface area contributed by atoms with E-state index < -0.39 is 0 Å². The highest BCUT2D eigenvalue weighted by Gasteiger charge is 2.22. The molecule has 6 rings (SSSR count). The SMILES string of the molecule is Cc1ccccc1-c1c2ccc(=[N+]3CCC3)cc-2oc2cc(N3CCC3)ccc12. The van der Waals surface area contributed by atoms with Crippen molar-refractivity contribution in [2.75, 3.05) is 31.1 Å². The second kappa shape index (κ2) is 6.48. The zero-order valence-electron chi connectivity index (χ0n) is 16.8. The van der Waals surface area contributed by atoms with Crippen LogP contribution in [0.25, 0.3) is 33.4 Å². The molecular formula is C26H25N2O+. The number of rotatable bonds is 2. The van der Waals surface area contributed by atoms with Crippen molar-refractivity contribution in [3.8, 4) is 22.5 Å². The molecule has 29 heavy (non-hydrogen) atoms. The molecule has 0 aromatic heterocycles. The Bertz CT molecular complexity index is 1270. The molecule has 144 valence electrons. The van der Waals surface area contributed by atoms with Gasteiger partial charge in [0.25, 0.3) is 0 Å². The highest BCUT2D eigenvalue weighted by atomic mass is 16.3. The molecule has 0 N–H and O–H groups in total. The van der Waals surface area contributed by atoms with Crippen molar-refractivity contribution >= 4 is 16.7 Å². The minimum atomic E-state index is 0.973. The third-order valence-corrected chi connectivity index (χ3v) is 6.55. The van der Waals surface area contributed by atoms with Crippen LogP contribution in [-0.4, -0.2) is 26.2 Å². The molecule has 2 aromatic carbocycles. The summed E-state index contributed by atoms with van der Waals surface area (Å²) >= 11 is 0. The molecule has 0 spiro atoms. The van der Waals surface area contributed by atoms with Crippen LogP contribution in [0.2, 0.25) is 0 Å². The molecule has 3 aliphatic heterocycles. The molecule has 2 saturated heterocycles. The first-order chi connectivity index (χ1) is 14.3. The molecule has 0 bridgehead atoms. The van der Waals surface area contributed by atoms with Crippen LogP contribution in [-0.2, 0) is 0 Å². The molecule has 0 amide bonds. The summed E-state index contributed by atoms with van der Waals surface area (Å²) in [6.07, 6.45) is 2.56. The van der Waals surface area contributed by atoms with E-state index in [2.05, 4.69) is 77.1 Å². The summed E-state index contributed by atoms with van der Waals surface area (Å²) in [5, 5.41) is 2.45. The molecule has 3 heteroatoms. The molecule has 4 aliphatic rings. The van der Waals surface area contributed by atoms with Crippen LogP contribution in [0.5, 0.6) is 0 Å². The summed E-state index contributed by atoms with van der Waals surface area (Å²) in [7, 11) is 0. The number of anilines is 1. The van der Waals surface area contributed by atoms with Crippen LogP contribution >= 0.6 is 0 Å². The predicted octanol–water partition coefficient (Wildman–Crippen LogP) is 4.90. The number of benzene rings is 3. The molecule has 2 aromatic rings. The Balaban J connectivity index is 1.68. The van der Waals surface area contributed by atoms with Crippen molar-refractivity contribution in [3.05, 3.63) is 71.6 Å². The fraction of sp³-hybridized carbons (Fsp3) is 0.269. The third kappa shape index (κ3) is 2.68. The number of aryl methyl sites for hydroxylation is 1. The lowest BCUT2D eigenvalue weighted by Crippen LogP contribution is -2.40. The Kier molecular flexibility index (Phi) is 3.77. The predicted molar refractivity (Wildman–Crippen MR) is 119 cm³/mol. The largest absolute Gasteiger partial charge is 0.456 e. The maximum Gasteiger partial charge on any atom is 0.203 e. The van der Waals surface area contributed by atoms with Crippen LogP contribution in [0.15, 0.2) is 65.1 Å². The van der Waals surface area contributed by atoms with Crippen molar-refractivity contribution < 1.29 is 4.42 Å². The average molecular weight is 381 g/mol. The average Bonchev–Trinajstić information content (AvgIpc) is 2.64. The van der Waals surface area contributed by atoms with Gasteiger partial charge in [-0.3, -0.25) is 0 Å². The van der Waals surface area contributed by atoms with Gasteiger partial charge >= 0.3 is 0 Å². The van der Waals surface area contributed by atoms with Crippen molar-refractivity contribution in [1.82, 2.24) is 4.58 Å². The lowest BCUT2D eigenvalue weighted by atomic mass is 9.91. The third-order valence-electron chi connectivity index (χ3n) is 6.55. The van der Waals surface area contributed by atoms with Gasteiger partial charge in [-0.05, 0) is 42.7 Å². The number of nitrogens with zero attached hydrogens (tertiary/aromatic N) is 2. The van der Waals surface area contributed by atoms with E-state index in [-0.39, 0.29) is 0 Å². The molecular weight excluding hydrogens is 356 g/mol. The first-order valence-corrected chi connectivity index (χ1v) is 10.7. The van der Waals surface area contributed by atoms with Gasteiger partial charge in [-0.15, -0.1) is 0 Å². The molecule has 0 atom stereocenters. The second-order valence-corrected chi connectivity index (χ2v) is 8.33. The van der Waals surface area contributed by atoms with Gasteiger partial charge in [0.1, 0.15) is 24.4 Å². The van der Waals surface area contributed by atoms with E-state index in [0.717, 1.165) is 37.5 Å². The van der Waals surface area contributed by atoms with E-state index in [9.17, 15) is 0 Å². The fourth-order valence-corrected chi connectivity index (χ4v) is 4.55. The summed E-state index contributed by atoms with van der Waals surface area (Å²) in [4.78, 5) is 2.42. The monoisotopic (exact) mass is 381 g/mol. The molecule has 0 unspecified atom stereocenters. The maximum atomic E-state index is 6.51. The second-order valence-electron chi connectivity index (χ2n) is 8.33. The molecule has 2 fully saturated rings.